The summed E-state index contributed by atoms with van der Waals surface area (Å²) in [6, 6.07) is 12.6. The molecule has 0 saturated heterocycles. The van der Waals surface area contributed by atoms with Crippen LogP contribution < -0.4 is 5.32 Å². The van der Waals surface area contributed by atoms with Gasteiger partial charge >= 0.3 is 0 Å². The molecule has 1 amide bonds. The molecule has 7 heteroatoms. The van der Waals surface area contributed by atoms with Crippen LogP contribution in [0.1, 0.15) is 33.3 Å². The van der Waals surface area contributed by atoms with Crippen LogP contribution in [0.25, 0.3) is 0 Å². The molecule has 2 aromatic heterocycles. The summed E-state index contributed by atoms with van der Waals surface area (Å²) in [6.45, 7) is 2.08. The molecular formula is C21H21N5O2. The number of anilines is 2. The van der Waals surface area contributed by atoms with Gasteiger partial charge in [0.05, 0.1) is 0 Å². The first-order valence-electron chi connectivity index (χ1n) is 8.87. The van der Waals surface area contributed by atoms with E-state index in [0.717, 1.165) is 17.7 Å². The van der Waals surface area contributed by atoms with Crippen LogP contribution in [0.15, 0.2) is 61.2 Å². The predicted molar refractivity (Wildman–Crippen MR) is 107 cm³/mol. The zero-order valence-electron chi connectivity index (χ0n) is 15.8. The zero-order chi connectivity index (χ0) is 19.9. The molecule has 2 heterocycles. The molecule has 3 aromatic rings. The Bertz CT molecular complexity index is 975. The third kappa shape index (κ3) is 4.97. The summed E-state index contributed by atoms with van der Waals surface area (Å²) < 4.78 is 0. The molecule has 0 fully saturated rings. The maximum Gasteiger partial charge on any atom is 0.272 e. The van der Waals surface area contributed by atoms with E-state index >= 15 is 0 Å². The fraction of sp³-hybridized carbons (Fsp3) is 0.190. The van der Waals surface area contributed by atoms with Crippen molar-refractivity contribution >= 4 is 23.2 Å². The first kappa shape index (κ1) is 19.2. The van der Waals surface area contributed by atoms with E-state index in [2.05, 4.69) is 20.3 Å². The summed E-state index contributed by atoms with van der Waals surface area (Å²) in [7, 11) is 1.75. The average molecular weight is 375 g/mol. The van der Waals surface area contributed by atoms with Crippen LogP contribution in [-0.2, 0) is 6.42 Å². The third-order valence-corrected chi connectivity index (χ3v) is 4.26. The first-order chi connectivity index (χ1) is 13.5. The molecule has 1 N–H and O–H groups in total. The number of rotatable bonds is 7. The van der Waals surface area contributed by atoms with E-state index in [1.54, 1.807) is 48.6 Å². The summed E-state index contributed by atoms with van der Waals surface area (Å²) in [5.74, 6) is 0.289. The third-order valence-electron chi connectivity index (χ3n) is 4.26. The predicted octanol–water partition coefficient (Wildman–Crippen LogP) is 3.13. The number of carbonyl (C=O) groups is 2. The molecule has 3 rings (SSSR count). The number of hydrogen-bond donors (Lipinski definition) is 1. The number of pyridine rings is 1. The van der Waals surface area contributed by atoms with Gasteiger partial charge in [-0.1, -0.05) is 12.1 Å². The summed E-state index contributed by atoms with van der Waals surface area (Å²) in [4.78, 5) is 38.1. The van der Waals surface area contributed by atoms with Gasteiger partial charge in [-0.25, -0.2) is 9.97 Å². The number of Topliss-reactive ketones (excluding diaryl/α,β-unsaturated/α-hetero) is 1. The number of nitrogens with zero attached hydrogens (tertiary/aromatic N) is 4. The van der Waals surface area contributed by atoms with Gasteiger partial charge in [-0.2, -0.15) is 0 Å². The number of nitrogens with one attached hydrogen (secondary N) is 1. The van der Waals surface area contributed by atoms with Crippen molar-refractivity contribution < 1.29 is 9.59 Å². The van der Waals surface area contributed by atoms with Gasteiger partial charge in [0, 0.05) is 43.3 Å². The largest absolute Gasteiger partial charge is 0.340 e. The number of likely N-dealkylation sites (N-methyl/N-ethyl adjacent to an activating group) is 1. The van der Waals surface area contributed by atoms with Crippen molar-refractivity contribution in [2.75, 3.05) is 18.9 Å². The average Bonchev–Trinajstić information content (AvgIpc) is 2.72. The highest BCUT2D eigenvalue weighted by Gasteiger charge is 2.14. The maximum atomic E-state index is 12.7. The molecule has 0 radical (unpaired) electrons. The molecule has 0 aliphatic rings. The van der Waals surface area contributed by atoms with Gasteiger partial charge in [-0.3, -0.25) is 14.6 Å². The summed E-state index contributed by atoms with van der Waals surface area (Å²) in [6.07, 6.45) is 5.56. The molecular weight excluding hydrogens is 354 g/mol. The minimum absolute atomic E-state index is 0.0157. The van der Waals surface area contributed by atoms with Crippen LogP contribution in [0.3, 0.4) is 0 Å². The van der Waals surface area contributed by atoms with E-state index in [1.165, 1.54) is 13.3 Å². The first-order valence-corrected chi connectivity index (χ1v) is 8.87. The van der Waals surface area contributed by atoms with E-state index in [9.17, 15) is 9.59 Å². The Morgan fingerprint density at radius 3 is 2.61 bits per heavy atom. The second-order valence-corrected chi connectivity index (χ2v) is 6.38. The van der Waals surface area contributed by atoms with E-state index in [4.69, 9.17) is 0 Å². The SMILES string of the molecule is CC(=O)c1cccc(Nc2cc(C(=O)N(C)CCc3ccncc3)ncn2)c1. The Balaban J connectivity index is 1.67. The van der Waals surface area contributed by atoms with Gasteiger partial charge in [0.2, 0.25) is 0 Å². The van der Waals surface area contributed by atoms with Crippen LogP contribution in [0.5, 0.6) is 0 Å². The Hall–Kier alpha value is -3.61. The van der Waals surface area contributed by atoms with Crippen molar-refractivity contribution in [1.82, 2.24) is 19.9 Å². The lowest BCUT2D eigenvalue weighted by atomic mass is 10.1. The highest BCUT2D eigenvalue weighted by Crippen LogP contribution is 2.17. The van der Waals surface area contributed by atoms with Crippen molar-refractivity contribution in [3.05, 3.63) is 78.0 Å². The van der Waals surface area contributed by atoms with Gasteiger partial charge in [0.15, 0.2) is 5.78 Å². The van der Waals surface area contributed by atoms with Gasteiger partial charge in [-0.05, 0) is 43.2 Å². The monoisotopic (exact) mass is 375 g/mol. The van der Waals surface area contributed by atoms with Crippen LogP contribution >= 0.6 is 0 Å². The molecule has 7 nitrogen and oxygen atoms in total. The molecule has 0 aliphatic carbocycles. The van der Waals surface area contributed by atoms with Crippen molar-refractivity contribution in [2.45, 2.75) is 13.3 Å². The molecule has 0 bridgehead atoms. The number of amides is 1. The number of aromatic nitrogens is 3. The zero-order valence-corrected chi connectivity index (χ0v) is 15.8. The molecule has 142 valence electrons. The lowest BCUT2D eigenvalue weighted by Crippen LogP contribution is -2.29. The van der Waals surface area contributed by atoms with Crippen LogP contribution in [-0.4, -0.2) is 45.1 Å². The molecule has 0 saturated carbocycles. The normalized spacial score (nSPS) is 10.4. The Labute approximate surface area is 163 Å². The number of ketones is 1. The van der Waals surface area contributed by atoms with Gasteiger partial charge < -0.3 is 10.2 Å². The summed E-state index contributed by atoms with van der Waals surface area (Å²) in [5.41, 5.74) is 2.74. The summed E-state index contributed by atoms with van der Waals surface area (Å²) in [5, 5.41) is 3.11. The number of carbonyl (C=O) groups excluding carboxylic acids is 2. The number of hydrogen-bond acceptors (Lipinski definition) is 6. The van der Waals surface area contributed by atoms with Crippen molar-refractivity contribution in [1.29, 1.82) is 0 Å². The fourth-order valence-corrected chi connectivity index (χ4v) is 2.65. The molecule has 1 aromatic carbocycles. The highest BCUT2D eigenvalue weighted by atomic mass is 16.2. The standard InChI is InChI=1S/C21H21N5O2/c1-15(27)17-4-3-5-18(12-17)25-20-13-19(23-14-24-20)21(28)26(2)11-8-16-6-9-22-10-7-16/h3-7,9-10,12-14H,8,11H2,1-2H3,(H,23,24,25). The maximum absolute atomic E-state index is 12.7. The molecule has 0 aliphatic heterocycles. The second-order valence-electron chi connectivity index (χ2n) is 6.38. The molecule has 28 heavy (non-hydrogen) atoms. The second kappa shape index (κ2) is 8.85. The van der Waals surface area contributed by atoms with E-state index in [1.807, 2.05) is 18.2 Å². The van der Waals surface area contributed by atoms with Crippen LogP contribution in [0, 0.1) is 0 Å². The minimum atomic E-state index is -0.183. The Morgan fingerprint density at radius 2 is 1.86 bits per heavy atom. The van der Waals surface area contributed by atoms with Crippen LogP contribution in [0.2, 0.25) is 0 Å². The van der Waals surface area contributed by atoms with Gasteiger partial charge in [0.25, 0.3) is 5.91 Å². The van der Waals surface area contributed by atoms with E-state index in [0.29, 0.717) is 23.6 Å². The van der Waals surface area contributed by atoms with E-state index < -0.39 is 0 Å². The van der Waals surface area contributed by atoms with Crippen LogP contribution in [0.4, 0.5) is 11.5 Å². The van der Waals surface area contributed by atoms with Crippen molar-refractivity contribution in [3.8, 4) is 0 Å². The minimum Gasteiger partial charge on any atom is -0.340 e. The summed E-state index contributed by atoms with van der Waals surface area (Å²) >= 11 is 0. The topological polar surface area (TPSA) is 88.1 Å². The van der Waals surface area contributed by atoms with Gasteiger partial charge in [-0.15, -0.1) is 0 Å². The van der Waals surface area contributed by atoms with E-state index in [-0.39, 0.29) is 11.7 Å². The lowest BCUT2D eigenvalue weighted by molar-refractivity contribution is 0.0790. The Morgan fingerprint density at radius 1 is 1.07 bits per heavy atom. The lowest BCUT2D eigenvalue weighted by Gasteiger charge is -2.17. The smallest absolute Gasteiger partial charge is 0.272 e. The van der Waals surface area contributed by atoms with Crippen molar-refractivity contribution in [3.63, 3.8) is 0 Å². The Kier molecular flexibility index (Phi) is 6.06. The van der Waals surface area contributed by atoms with Gasteiger partial charge in [0.1, 0.15) is 17.8 Å². The quantitative estimate of drug-likeness (QED) is 0.638. The molecule has 0 atom stereocenters. The fourth-order valence-electron chi connectivity index (χ4n) is 2.65. The van der Waals surface area contributed by atoms with Crippen molar-refractivity contribution in [2.24, 2.45) is 0 Å². The highest BCUT2D eigenvalue weighted by molar-refractivity contribution is 5.95. The number of benzene rings is 1. The molecule has 0 spiro atoms. The molecule has 0 unspecified atom stereocenters.